The van der Waals surface area contributed by atoms with E-state index in [1.54, 1.807) is 0 Å². The molecule has 22 heavy (non-hydrogen) atoms. The Kier molecular flexibility index (Phi) is 4.88. The van der Waals surface area contributed by atoms with Crippen LogP contribution in [0.4, 0.5) is 0 Å². The normalized spacial score (nSPS) is 10.5. The summed E-state index contributed by atoms with van der Waals surface area (Å²) < 4.78 is 0. The molecule has 0 saturated carbocycles. The van der Waals surface area contributed by atoms with Crippen molar-refractivity contribution in [2.45, 2.75) is 25.7 Å². The average Bonchev–Trinajstić information content (AvgIpc) is 2.49. The number of carbonyl (C=O) groups is 1. The highest BCUT2D eigenvalue weighted by Crippen LogP contribution is 2.25. The van der Waals surface area contributed by atoms with Crippen LogP contribution in [-0.2, 0) is 17.6 Å². The summed E-state index contributed by atoms with van der Waals surface area (Å²) in [6, 6.07) is 8.41. The third-order valence-electron chi connectivity index (χ3n) is 3.47. The molecule has 2 aromatic rings. The highest BCUT2D eigenvalue weighted by Gasteiger charge is 2.09. The van der Waals surface area contributed by atoms with Gasteiger partial charge in [-0.3, -0.25) is 4.79 Å². The molecule has 0 aromatic heterocycles. The number of aryl methyl sites for hydroxylation is 2. The van der Waals surface area contributed by atoms with E-state index in [0.29, 0.717) is 24.0 Å². The van der Waals surface area contributed by atoms with E-state index in [1.807, 2.05) is 0 Å². The predicted octanol–water partition coefficient (Wildman–Crippen LogP) is 2.64. The summed E-state index contributed by atoms with van der Waals surface area (Å²) in [5, 5.41) is 38.0. The van der Waals surface area contributed by atoms with Gasteiger partial charge in [-0.2, -0.15) is 0 Å². The summed E-state index contributed by atoms with van der Waals surface area (Å²) in [6.45, 7) is 0. The van der Waals surface area contributed by atoms with Crippen molar-refractivity contribution in [1.29, 1.82) is 0 Å². The second-order valence-corrected chi connectivity index (χ2v) is 5.16. The standard InChI is InChI=1S/C17H18O5/c18-13(3-1-11-9-14(19)5-7-16(11)21)4-2-12-10-15(20)6-8-17(12)22/h5-10,19-22H,1-4H2. The Hall–Kier alpha value is -2.69. The van der Waals surface area contributed by atoms with Gasteiger partial charge in [-0.15, -0.1) is 0 Å². The smallest absolute Gasteiger partial charge is 0.133 e. The summed E-state index contributed by atoms with van der Waals surface area (Å²) >= 11 is 0. The van der Waals surface area contributed by atoms with Gasteiger partial charge in [0.05, 0.1) is 0 Å². The minimum atomic E-state index is -0.0227. The number of phenols is 4. The lowest BCUT2D eigenvalue weighted by atomic mass is 10.0. The molecule has 0 radical (unpaired) electrons. The SMILES string of the molecule is O=C(CCc1cc(O)ccc1O)CCc1cc(O)ccc1O. The van der Waals surface area contributed by atoms with Gasteiger partial charge in [0.25, 0.3) is 0 Å². The molecule has 116 valence electrons. The van der Waals surface area contributed by atoms with Gasteiger partial charge >= 0.3 is 0 Å². The Morgan fingerprint density at radius 1 is 0.727 bits per heavy atom. The molecule has 4 N–H and O–H groups in total. The van der Waals surface area contributed by atoms with Crippen LogP contribution in [0.1, 0.15) is 24.0 Å². The van der Waals surface area contributed by atoms with Crippen LogP contribution in [0.25, 0.3) is 0 Å². The van der Waals surface area contributed by atoms with Gasteiger partial charge in [-0.25, -0.2) is 0 Å². The zero-order valence-electron chi connectivity index (χ0n) is 12.0. The number of phenolic OH excluding ortho intramolecular Hbond substituents is 4. The van der Waals surface area contributed by atoms with Crippen molar-refractivity contribution in [3.8, 4) is 23.0 Å². The molecule has 5 heteroatoms. The van der Waals surface area contributed by atoms with Crippen LogP contribution in [0.5, 0.6) is 23.0 Å². The second-order valence-electron chi connectivity index (χ2n) is 5.16. The van der Waals surface area contributed by atoms with Gasteiger partial charge in [0.2, 0.25) is 0 Å². The van der Waals surface area contributed by atoms with Crippen molar-refractivity contribution in [2.24, 2.45) is 0 Å². The van der Waals surface area contributed by atoms with Crippen LogP contribution < -0.4 is 0 Å². The fourth-order valence-electron chi connectivity index (χ4n) is 2.22. The third kappa shape index (κ3) is 4.15. The number of carbonyl (C=O) groups excluding carboxylic acids is 1. The van der Waals surface area contributed by atoms with Crippen molar-refractivity contribution in [1.82, 2.24) is 0 Å². The van der Waals surface area contributed by atoms with Crippen LogP contribution in [0.3, 0.4) is 0 Å². The number of hydrogen-bond acceptors (Lipinski definition) is 5. The van der Waals surface area contributed by atoms with E-state index in [2.05, 4.69) is 0 Å². The highest BCUT2D eigenvalue weighted by atomic mass is 16.3. The lowest BCUT2D eigenvalue weighted by Crippen LogP contribution is -2.02. The van der Waals surface area contributed by atoms with Crippen LogP contribution in [0, 0.1) is 0 Å². The minimum Gasteiger partial charge on any atom is -0.508 e. The monoisotopic (exact) mass is 302 g/mol. The molecule has 0 aliphatic carbocycles. The molecule has 2 rings (SSSR count). The molecule has 0 aliphatic heterocycles. The van der Waals surface area contributed by atoms with Crippen LogP contribution >= 0.6 is 0 Å². The fourth-order valence-corrected chi connectivity index (χ4v) is 2.22. The summed E-state index contributed by atoms with van der Waals surface area (Å²) in [6.07, 6.45) is 1.14. The molecule has 0 amide bonds. The molecule has 2 aromatic carbocycles. The predicted molar refractivity (Wildman–Crippen MR) is 81.2 cm³/mol. The molecule has 0 bridgehead atoms. The fraction of sp³-hybridized carbons (Fsp3) is 0.235. The van der Waals surface area contributed by atoms with Gasteiger partial charge in [-0.1, -0.05) is 0 Å². The first-order valence-electron chi connectivity index (χ1n) is 6.99. The highest BCUT2D eigenvalue weighted by molar-refractivity contribution is 5.79. The van der Waals surface area contributed by atoms with E-state index in [4.69, 9.17) is 0 Å². The first-order chi connectivity index (χ1) is 10.5. The number of aromatic hydroxyl groups is 4. The van der Waals surface area contributed by atoms with Gasteiger partial charge in [0, 0.05) is 12.8 Å². The Balaban J connectivity index is 1.88. The Labute approximate surface area is 128 Å². The van der Waals surface area contributed by atoms with Gasteiger partial charge in [0.15, 0.2) is 0 Å². The summed E-state index contributed by atoms with van der Waals surface area (Å²) in [7, 11) is 0. The Bertz CT molecular complexity index is 621. The molecule has 0 fully saturated rings. The number of ketones is 1. The molecule has 0 spiro atoms. The number of rotatable bonds is 6. The number of Topliss-reactive ketones (excluding diaryl/α,β-unsaturated/α-hetero) is 1. The van der Waals surface area contributed by atoms with Crippen LogP contribution in [-0.4, -0.2) is 26.2 Å². The third-order valence-corrected chi connectivity index (χ3v) is 3.47. The van der Waals surface area contributed by atoms with Gasteiger partial charge in [0.1, 0.15) is 28.8 Å². The first-order valence-corrected chi connectivity index (χ1v) is 6.99. The van der Waals surface area contributed by atoms with E-state index in [-0.39, 0.29) is 41.6 Å². The maximum Gasteiger partial charge on any atom is 0.133 e. The van der Waals surface area contributed by atoms with E-state index in [0.717, 1.165) is 0 Å². The van der Waals surface area contributed by atoms with Crippen molar-refractivity contribution in [3.05, 3.63) is 47.5 Å². The zero-order valence-corrected chi connectivity index (χ0v) is 12.0. The van der Waals surface area contributed by atoms with E-state index in [9.17, 15) is 25.2 Å². The van der Waals surface area contributed by atoms with Crippen molar-refractivity contribution < 1.29 is 25.2 Å². The number of benzene rings is 2. The maximum atomic E-state index is 11.9. The second kappa shape index (κ2) is 6.85. The zero-order chi connectivity index (χ0) is 16.1. The van der Waals surface area contributed by atoms with Crippen LogP contribution in [0.2, 0.25) is 0 Å². The Morgan fingerprint density at radius 3 is 1.55 bits per heavy atom. The largest absolute Gasteiger partial charge is 0.508 e. The van der Waals surface area contributed by atoms with E-state index in [1.165, 1.54) is 36.4 Å². The average molecular weight is 302 g/mol. The quantitative estimate of drug-likeness (QED) is 0.615. The van der Waals surface area contributed by atoms with E-state index < -0.39 is 0 Å². The molecule has 0 aliphatic rings. The molecule has 0 saturated heterocycles. The number of hydrogen-bond donors (Lipinski definition) is 4. The van der Waals surface area contributed by atoms with Crippen LogP contribution in [0.15, 0.2) is 36.4 Å². The first kappa shape index (κ1) is 15.7. The van der Waals surface area contributed by atoms with Crippen molar-refractivity contribution >= 4 is 5.78 Å². The minimum absolute atomic E-state index is 0.0227. The molecule has 5 nitrogen and oxygen atoms in total. The van der Waals surface area contributed by atoms with Gasteiger partial charge < -0.3 is 20.4 Å². The Morgan fingerprint density at radius 2 is 1.14 bits per heavy atom. The molecule has 0 atom stereocenters. The maximum absolute atomic E-state index is 11.9. The van der Waals surface area contributed by atoms with Crippen molar-refractivity contribution in [2.75, 3.05) is 0 Å². The molecule has 0 heterocycles. The van der Waals surface area contributed by atoms with E-state index >= 15 is 0 Å². The van der Waals surface area contributed by atoms with Gasteiger partial charge in [-0.05, 0) is 60.4 Å². The molecular weight excluding hydrogens is 284 g/mol. The molecular formula is C17H18O5. The van der Waals surface area contributed by atoms with Crippen molar-refractivity contribution in [3.63, 3.8) is 0 Å². The lowest BCUT2D eigenvalue weighted by molar-refractivity contribution is -0.119. The topological polar surface area (TPSA) is 98.0 Å². The summed E-state index contributed by atoms with van der Waals surface area (Å²) in [5.74, 6) is 0.174. The lowest BCUT2D eigenvalue weighted by Gasteiger charge is -2.06. The molecule has 0 unspecified atom stereocenters. The summed E-state index contributed by atoms with van der Waals surface area (Å²) in [5.41, 5.74) is 1.04. The summed E-state index contributed by atoms with van der Waals surface area (Å²) in [4.78, 5) is 11.9.